The van der Waals surface area contributed by atoms with Crippen LogP contribution in [0.5, 0.6) is 0 Å². The topological polar surface area (TPSA) is 133 Å². The third kappa shape index (κ3) is 7.62. The largest absolute Gasteiger partial charge is 0.481 e. The van der Waals surface area contributed by atoms with Crippen LogP contribution in [0.1, 0.15) is 50.4 Å². The molecule has 1 aromatic heterocycles. The van der Waals surface area contributed by atoms with Gasteiger partial charge in [0.15, 0.2) is 0 Å². The van der Waals surface area contributed by atoms with Crippen molar-refractivity contribution >= 4 is 21.9 Å². The molecular formula is C27H34FN3O6S. The Bertz CT molecular complexity index is 1330. The maximum Gasteiger partial charge on any atom is 0.305 e. The number of carboxylic acid groups (broad SMARTS) is 1. The summed E-state index contributed by atoms with van der Waals surface area (Å²) in [6.45, 7) is 3.83. The fraction of sp³-hybridized carbons (Fsp3) is 0.407. The van der Waals surface area contributed by atoms with Gasteiger partial charge in [-0.15, -0.1) is 0 Å². The maximum atomic E-state index is 13.7. The average molecular weight is 548 g/mol. The van der Waals surface area contributed by atoms with Crippen molar-refractivity contribution in [3.05, 3.63) is 71.7 Å². The van der Waals surface area contributed by atoms with Crippen LogP contribution in [0.4, 0.5) is 10.3 Å². The first-order chi connectivity index (χ1) is 17.9. The summed E-state index contributed by atoms with van der Waals surface area (Å²) in [4.78, 5) is 15.6. The number of aliphatic carboxylic acids is 1. The lowest BCUT2D eigenvalue weighted by molar-refractivity contribution is -0.139. The molecule has 3 rings (SSSR count). The molecule has 0 aliphatic rings. The molecule has 0 spiro atoms. The number of aliphatic hydroxyl groups is 2. The number of carbonyl (C=O) groups is 1. The summed E-state index contributed by atoms with van der Waals surface area (Å²) in [5.74, 6) is -1.39. The van der Waals surface area contributed by atoms with Crippen molar-refractivity contribution in [2.24, 2.45) is 0 Å². The van der Waals surface area contributed by atoms with Gasteiger partial charge in [0.05, 0.1) is 37.1 Å². The number of hydrogen-bond acceptors (Lipinski definition) is 6. The van der Waals surface area contributed by atoms with Crippen molar-refractivity contribution in [1.29, 1.82) is 0 Å². The highest BCUT2D eigenvalue weighted by Gasteiger charge is 2.29. The number of anilines is 1. The normalized spacial score (nSPS) is 13.4. The number of rotatable bonds is 13. The van der Waals surface area contributed by atoms with Crippen LogP contribution in [-0.2, 0) is 27.8 Å². The molecule has 2 unspecified atom stereocenters. The van der Waals surface area contributed by atoms with Crippen LogP contribution in [0.25, 0.3) is 11.3 Å². The van der Waals surface area contributed by atoms with E-state index in [1.807, 2.05) is 44.2 Å². The number of aliphatic hydroxyl groups excluding tert-OH is 2. The van der Waals surface area contributed by atoms with Gasteiger partial charge in [-0.2, -0.15) is 0 Å². The highest BCUT2D eigenvalue weighted by atomic mass is 32.2. The zero-order valence-electron chi connectivity index (χ0n) is 21.7. The second kappa shape index (κ2) is 12.5. The van der Waals surface area contributed by atoms with Gasteiger partial charge in [0.1, 0.15) is 5.82 Å². The SMILES string of the molecule is CC(C)n1c(N(Cc2ccccc2)S(C)(=O)=O)nc(-c2ccc(F)cc2)c1CCC(O)CC(O)CC(=O)O. The van der Waals surface area contributed by atoms with E-state index in [2.05, 4.69) is 0 Å². The van der Waals surface area contributed by atoms with Crippen molar-refractivity contribution in [2.75, 3.05) is 10.6 Å². The third-order valence-electron chi connectivity index (χ3n) is 6.09. The van der Waals surface area contributed by atoms with E-state index in [-0.39, 0.29) is 37.8 Å². The van der Waals surface area contributed by atoms with Crippen LogP contribution in [0, 0.1) is 5.82 Å². The van der Waals surface area contributed by atoms with E-state index in [1.165, 1.54) is 16.4 Å². The van der Waals surface area contributed by atoms with Gasteiger partial charge in [-0.25, -0.2) is 22.1 Å². The molecule has 11 heteroatoms. The molecule has 9 nitrogen and oxygen atoms in total. The van der Waals surface area contributed by atoms with Gasteiger partial charge in [0, 0.05) is 17.3 Å². The van der Waals surface area contributed by atoms with Crippen LogP contribution in [0.2, 0.25) is 0 Å². The van der Waals surface area contributed by atoms with Crippen LogP contribution < -0.4 is 4.31 Å². The van der Waals surface area contributed by atoms with E-state index in [0.717, 1.165) is 11.8 Å². The van der Waals surface area contributed by atoms with Crippen LogP contribution >= 0.6 is 0 Å². The molecule has 38 heavy (non-hydrogen) atoms. The lowest BCUT2D eigenvalue weighted by atomic mass is 10.0. The number of carboxylic acids is 1. The molecule has 3 N–H and O–H groups in total. The summed E-state index contributed by atoms with van der Waals surface area (Å²) in [6.07, 6.45) is -1.27. The lowest BCUT2D eigenvalue weighted by Crippen LogP contribution is -2.32. The minimum Gasteiger partial charge on any atom is -0.481 e. The monoisotopic (exact) mass is 547 g/mol. The number of hydrogen-bond donors (Lipinski definition) is 3. The van der Waals surface area contributed by atoms with E-state index in [0.29, 0.717) is 17.0 Å². The Hall–Kier alpha value is -3.28. The molecular weight excluding hydrogens is 513 g/mol. The zero-order valence-corrected chi connectivity index (χ0v) is 22.5. The smallest absolute Gasteiger partial charge is 0.305 e. The second-order valence-corrected chi connectivity index (χ2v) is 11.5. The summed E-state index contributed by atoms with van der Waals surface area (Å²) < 4.78 is 42.7. The quantitative estimate of drug-likeness (QED) is 0.297. The molecule has 206 valence electrons. The number of halogens is 1. The molecule has 1 heterocycles. The number of imidazole rings is 1. The number of aromatic nitrogens is 2. The first-order valence-electron chi connectivity index (χ1n) is 12.3. The Kier molecular flexibility index (Phi) is 9.64. The van der Waals surface area contributed by atoms with E-state index in [4.69, 9.17) is 10.1 Å². The first kappa shape index (κ1) is 29.3. The first-order valence-corrected chi connectivity index (χ1v) is 14.2. The Morgan fingerprint density at radius 2 is 1.68 bits per heavy atom. The summed E-state index contributed by atoms with van der Waals surface area (Å²) in [5.41, 5.74) is 2.43. The van der Waals surface area contributed by atoms with Crippen molar-refractivity contribution in [3.63, 3.8) is 0 Å². The number of benzene rings is 2. The molecule has 0 bridgehead atoms. The molecule has 0 amide bonds. The summed E-state index contributed by atoms with van der Waals surface area (Å²) in [7, 11) is -3.77. The number of sulfonamides is 1. The highest BCUT2D eigenvalue weighted by Crippen LogP contribution is 2.34. The minimum atomic E-state index is -3.77. The standard InChI is InChI=1S/C27H34FN3O6S/c1-18(2)31-24(14-13-22(32)15-23(33)16-25(34)35)26(20-9-11-21(28)12-10-20)29-27(31)30(38(3,36)37)17-19-7-5-4-6-8-19/h4-12,18,22-23,32-33H,13-17H2,1-3H3,(H,34,35). The highest BCUT2D eigenvalue weighted by molar-refractivity contribution is 7.92. The molecule has 0 saturated heterocycles. The molecule has 0 saturated carbocycles. The van der Waals surface area contributed by atoms with Crippen LogP contribution in [0.15, 0.2) is 54.6 Å². The average Bonchev–Trinajstić information content (AvgIpc) is 3.20. The molecule has 0 radical (unpaired) electrons. The van der Waals surface area contributed by atoms with E-state index in [9.17, 15) is 27.8 Å². The molecule has 0 aliphatic heterocycles. The van der Waals surface area contributed by atoms with Crippen molar-refractivity contribution < 1.29 is 32.9 Å². The van der Waals surface area contributed by atoms with Crippen molar-refractivity contribution in [3.8, 4) is 11.3 Å². The van der Waals surface area contributed by atoms with Gasteiger partial charge in [0.25, 0.3) is 0 Å². The Morgan fingerprint density at radius 3 is 2.24 bits per heavy atom. The third-order valence-corrected chi connectivity index (χ3v) is 7.18. The summed E-state index contributed by atoms with van der Waals surface area (Å²) in [5, 5.41) is 29.3. The van der Waals surface area contributed by atoms with E-state index < -0.39 is 40.4 Å². The molecule has 0 aliphatic carbocycles. The van der Waals surface area contributed by atoms with Gasteiger partial charge in [-0.3, -0.25) is 4.79 Å². The van der Waals surface area contributed by atoms with Crippen LogP contribution in [-0.4, -0.2) is 57.7 Å². The molecule has 3 aromatic rings. The van der Waals surface area contributed by atoms with Crippen LogP contribution in [0.3, 0.4) is 0 Å². The van der Waals surface area contributed by atoms with Crippen molar-refractivity contribution in [2.45, 2.75) is 64.3 Å². The second-order valence-electron chi connectivity index (χ2n) is 9.61. The predicted octanol–water partition coefficient (Wildman–Crippen LogP) is 3.76. The van der Waals surface area contributed by atoms with E-state index >= 15 is 0 Å². The van der Waals surface area contributed by atoms with Gasteiger partial charge < -0.3 is 19.9 Å². The molecule has 2 aromatic carbocycles. The summed E-state index contributed by atoms with van der Waals surface area (Å²) in [6, 6.07) is 14.6. The maximum absolute atomic E-state index is 13.7. The predicted molar refractivity (Wildman–Crippen MR) is 143 cm³/mol. The van der Waals surface area contributed by atoms with Crippen molar-refractivity contribution in [1.82, 2.24) is 9.55 Å². The van der Waals surface area contributed by atoms with Gasteiger partial charge in [-0.05, 0) is 62.9 Å². The minimum absolute atomic E-state index is 0.0513. The van der Waals surface area contributed by atoms with Gasteiger partial charge >= 0.3 is 5.97 Å². The Morgan fingerprint density at radius 1 is 1.05 bits per heavy atom. The zero-order chi connectivity index (χ0) is 28.0. The molecule has 2 atom stereocenters. The summed E-state index contributed by atoms with van der Waals surface area (Å²) >= 11 is 0. The fourth-order valence-corrected chi connectivity index (χ4v) is 5.16. The lowest BCUT2D eigenvalue weighted by Gasteiger charge is -2.25. The fourth-order valence-electron chi connectivity index (χ4n) is 4.36. The number of nitrogens with zero attached hydrogens (tertiary/aromatic N) is 3. The Balaban J connectivity index is 2.08. The Labute approximate surface area is 222 Å². The van der Waals surface area contributed by atoms with Gasteiger partial charge in [0.2, 0.25) is 16.0 Å². The van der Waals surface area contributed by atoms with E-state index in [1.54, 1.807) is 16.7 Å². The van der Waals surface area contributed by atoms with Gasteiger partial charge in [-0.1, -0.05) is 30.3 Å². The molecule has 0 fully saturated rings.